The highest BCUT2D eigenvalue weighted by Gasteiger charge is 2.21. The predicted octanol–water partition coefficient (Wildman–Crippen LogP) is 0.602. The molecule has 21 heavy (non-hydrogen) atoms. The van der Waals surface area contributed by atoms with Gasteiger partial charge in [-0.05, 0) is 19.1 Å². The zero-order valence-corrected chi connectivity index (χ0v) is 12.8. The highest BCUT2D eigenvalue weighted by atomic mass is 32.2. The molecule has 1 aliphatic heterocycles. The van der Waals surface area contributed by atoms with Gasteiger partial charge in [-0.25, -0.2) is 13.1 Å². The summed E-state index contributed by atoms with van der Waals surface area (Å²) in [6, 6.07) is 8.12. The number of carbonyl (C=O) groups excluding carboxylic acids is 1. The van der Waals surface area contributed by atoms with E-state index >= 15 is 0 Å². The summed E-state index contributed by atoms with van der Waals surface area (Å²) in [6.45, 7) is 3.67. The molecular weight excluding hydrogens is 292 g/mol. The number of rotatable bonds is 5. The summed E-state index contributed by atoms with van der Waals surface area (Å²) in [5, 5.41) is 0. The number of benzene rings is 1. The molecule has 0 aromatic heterocycles. The molecule has 0 saturated carbocycles. The zero-order chi connectivity index (χ0) is 15.3. The number of ether oxygens (including phenoxy) is 1. The van der Waals surface area contributed by atoms with Crippen molar-refractivity contribution in [2.75, 3.05) is 26.2 Å². The van der Waals surface area contributed by atoms with Gasteiger partial charge in [-0.1, -0.05) is 18.2 Å². The van der Waals surface area contributed by atoms with E-state index in [0.717, 1.165) is 0 Å². The number of nitrogens with zero attached hydrogens (tertiary/aromatic N) is 1. The summed E-state index contributed by atoms with van der Waals surface area (Å²) in [6.07, 6.45) is 0.183. The quantitative estimate of drug-likeness (QED) is 0.864. The van der Waals surface area contributed by atoms with Gasteiger partial charge in [0.15, 0.2) is 0 Å². The van der Waals surface area contributed by atoms with Crippen molar-refractivity contribution in [3.8, 4) is 0 Å². The Bertz CT molecular complexity index is 574. The summed E-state index contributed by atoms with van der Waals surface area (Å²) < 4.78 is 31.8. The van der Waals surface area contributed by atoms with Crippen LogP contribution in [0.3, 0.4) is 0 Å². The molecule has 1 amide bonds. The van der Waals surface area contributed by atoms with E-state index in [0.29, 0.717) is 19.7 Å². The van der Waals surface area contributed by atoms with Crippen LogP contribution in [-0.2, 0) is 19.6 Å². The Morgan fingerprint density at radius 3 is 2.76 bits per heavy atom. The molecule has 2 rings (SSSR count). The summed E-state index contributed by atoms with van der Waals surface area (Å²) in [7, 11) is -3.54. The topological polar surface area (TPSA) is 75.7 Å². The summed E-state index contributed by atoms with van der Waals surface area (Å²) in [4.78, 5) is 13.9. The average Bonchev–Trinajstić information content (AvgIpc) is 2.48. The van der Waals surface area contributed by atoms with Crippen LogP contribution in [0.1, 0.15) is 13.3 Å². The molecule has 0 radical (unpaired) electrons. The molecule has 0 aliphatic carbocycles. The number of nitrogens with one attached hydrogen (secondary N) is 1. The van der Waals surface area contributed by atoms with E-state index in [2.05, 4.69) is 4.72 Å². The molecule has 6 nitrogen and oxygen atoms in total. The van der Waals surface area contributed by atoms with Crippen molar-refractivity contribution in [3.05, 3.63) is 30.3 Å². The maximum atomic E-state index is 12.0. The first-order valence-corrected chi connectivity index (χ1v) is 8.41. The average molecular weight is 312 g/mol. The second-order valence-corrected chi connectivity index (χ2v) is 6.75. The molecule has 1 heterocycles. The molecule has 116 valence electrons. The fraction of sp³-hybridized carbons (Fsp3) is 0.500. The van der Waals surface area contributed by atoms with E-state index in [9.17, 15) is 13.2 Å². The van der Waals surface area contributed by atoms with Gasteiger partial charge < -0.3 is 9.64 Å². The van der Waals surface area contributed by atoms with Crippen molar-refractivity contribution in [1.29, 1.82) is 0 Å². The van der Waals surface area contributed by atoms with Crippen molar-refractivity contribution in [3.63, 3.8) is 0 Å². The molecule has 7 heteroatoms. The number of hydrogen-bond acceptors (Lipinski definition) is 4. The minimum Gasteiger partial charge on any atom is -0.375 e. The van der Waals surface area contributed by atoms with E-state index in [1.807, 2.05) is 6.92 Å². The molecule has 1 unspecified atom stereocenters. The molecular formula is C14H20N2O4S. The molecule has 1 fully saturated rings. The normalized spacial score (nSPS) is 19.5. The maximum absolute atomic E-state index is 12.0. The van der Waals surface area contributed by atoms with Gasteiger partial charge in [0.25, 0.3) is 0 Å². The first-order valence-electron chi connectivity index (χ1n) is 6.93. The SMILES string of the molecule is CC1CN(C(=O)CCNS(=O)(=O)c2ccccc2)CCO1. The fourth-order valence-electron chi connectivity index (χ4n) is 2.18. The number of hydrogen-bond donors (Lipinski definition) is 1. The van der Waals surface area contributed by atoms with E-state index in [1.165, 1.54) is 12.1 Å². The number of morpholine rings is 1. The minimum atomic E-state index is -3.54. The van der Waals surface area contributed by atoms with Gasteiger partial charge in [-0.15, -0.1) is 0 Å². The summed E-state index contributed by atoms with van der Waals surface area (Å²) in [5.41, 5.74) is 0. The van der Waals surface area contributed by atoms with Crippen LogP contribution in [0.15, 0.2) is 35.2 Å². The Morgan fingerprint density at radius 2 is 2.10 bits per heavy atom. The number of amides is 1. The molecule has 1 saturated heterocycles. The second kappa shape index (κ2) is 7.02. The Balaban J connectivity index is 1.82. The third-order valence-electron chi connectivity index (χ3n) is 3.28. The standard InChI is InChI=1S/C14H20N2O4S/c1-12-11-16(9-10-20-12)14(17)7-8-15-21(18,19)13-5-3-2-4-6-13/h2-6,12,15H,7-11H2,1H3. The minimum absolute atomic E-state index is 0.0312. The van der Waals surface area contributed by atoms with E-state index in [1.54, 1.807) is 23.1 Å². The molecule has 1 aliphatic rings. The molecule has 0 bridgehead atoms. The Labute approximate surface area is 125 Å². The molecule has 0 spiro atoms. The highest BCUT2D eigenvalue weighted by Crippen LogP contribution is 2.08. The van der Waals surface area contributed by atoms with Crippen molar-refractivity contribution < 1.29 is 17.9 Å². The van der Waals surface area contributed by atoms with Gasteiger partial charge in [0.1, 0.15) is 0 Å². The molecule has 1 aromatic carbocycles. The third-order valence-corrected chi connectivity index (χ3v) is 4.76. The summed E-state index contributed by atoms with van der Waals surface area (Å²) in [5.74, 6) is -0.0547. The van der Waals surface area contributed by atoms with E-state index in [4.69, 9.17) is 4.74 Å². The van der Waals surface area contributed by atoms with Crippen LogP contribution in [0.4, 0.5) is 0 Å². The van der Waals surface area contributed by atoms with Crippen molar-refractivity contribution in [1.82, 2.24) is 9.62 Å². The van der Waals surface area contributed by atoms with Crippen LogP contribution in [0.25, 0.3) is 0 Å². The Morgan fingerprint density at radius 1 is 1.38 bits per heavy atom. The van der Waals surface area contributed by atoms with Gasteiger partial charge in [0.05, 0.1) is 17.6 Å². The second-order valence-electron chi connectivity index (χ2n) is 4.98. The number of carbonyl (C=O) groups is 1. The monoisotopic (exact) mass is 312 g/mol. The van der Waals surface area contributed by atoms with Gasteiger partial charge >= 0.3 is 0 Å². The lowest BCUT2D eigenvalue weighted by atomic mass is 10.2. The first-order chi connectivity index (χ1) is 9.99. The maximum Gasteiger partial charge on any atom is 0.240 e. The fourth-order valence-corrected chi connectivity index (χ4v) is 3.23. The Kier molecular flexibility index (Phi) is 5.33. The van der Waals surface area contributed by atoms with Gasteiger partial charge in [-0.3, -0.25) is 4.79 Å². The smallest absolute Gasteiger partial charge is 0.240 e. The van der Waals surface area contributed by atoms with Crippen LogP contribution in [0.2, 0.25) is 0 Å². The van der Waals surface area contributed by atoms with Crippen molar-refractivity contribution in [2.45, 2.75) is 24.3 Å². The zero-order valence-electron chi connectivity index (χ0n) is 12.0. The van der Waals surface area contributed by atoms with Gasteiger partial charge in [0, 0.05) is 26.1 Å². The largest absolute Gasteiger partial charge is 0.375 e. The first kappa shape index (κ1) is 15.9. The summed E-state index contributed by atoms with van der Waals surface area (Å²) >= 11 is 0. The lowest BCUT2D eigenvalue weighted by molar-refractivity contribution is -0.137. The molecule has 1 aromatic rings. The van der Waals surface area contributed by atoms with Crippen molar-refractivity contribution in [2.24, 2.45) is 0 Å². The highest BCUT2D eigenvalue weighted by molar-refractivity contribution is 7.89. The van der Waals surface area contributed by atoms with Crippen LogP contribution in [0, 0.1) is 0 Å². The van der Waals surface area contributed by atoms with E-state index in [-0.39, 0.29) is 29.9 Å². The molecule has 1 atom stereocenters. The lowest BCUT2D eigenvalue weighted by Gasteiger charge is -2.31. The van der Waals surface area contributed by atoms with Gasteiger partial charge in [0.2, 0.25) is 15.9 Å². The van der Waals surface area contributed by atoms with E-state index < -0.39 is 10.0 Å². The van der Waals surface area contributed by atoms with Crippen LogP contribution in [-0.4, -0.2) is 51.6 Å². The van der Waals surface area contributed by atoms with Crippen molar-refractivity contribution >= 4 is 15.9 Å². The Hall–Kier alpha value is -1.44. The molecule has 1 N–H and O–H groups in total. The van der Waals surface area contributed by atoms with Crippen LogP contribution in [0.5, 0.6) is 0 Å². The lowest BCUT2D eigenvalue weighted by Crippen LogP contribution is -2.45. The van der Waals surface area contributed by atoms with Crippen LogP contribution < -0.4 is 4.72 Å². The third kappa shape index (κ3) is 4.52. The van der Waals surface area contributed by atoms with Crippen LogP contribution >= 0.6 is 0 Å². The predicted molar refractivity (Wildman–Crippen MR) is 78.2 cm³/mol. The van der Waals surface area contributed by atoms with Gasteiger partial charge in [-0.2, -0.15) is 0 Å². The number of sulfonamides is 1.